The molecule has 0 saturated carbocycles. The van der Waals surface area contributed by atoms with E-state index in [9.17, 15) is 0 Å². The van der Waals surface area contributed by atoms with Gasteiger partial charge in [-0.1, -0.05) is 91.0 Å². The summed E-state index contributed by atoms with van der Waals surface area (Å²) in [6, 6.07) is 52.4. The van der Waals surface area contributed by atoms with Crippen molar-refractivity contribution < 1.29 is 0 Å². The van der Waals surface area contributed by atoms with Crippen LogP contribution in [0.5, 0.6) is 0 Å². The van der Waals surface area contributed by atoms with Crippen LogP contribution in [0.3, 0.4) is 0 Å². The normalized spacial score (nSPS) is 11.3. The zero-order valence-corrected chi connectivity index (χ0v) is 23.6. The maximum Gasteiger partial charge on any atom is 0.0538 e. The van der Waals surface area contributed by atoms with E-state index < -0.39 is 0 Å². The van der Waals surface area contributed by atoms with Crippen molar-refractivity contribution in [1.29, 1.82) is 0 Å². The van der Waals surface area contributed by atoms with Crippen LogP contribution in [0.2, 0.25) is 0 Å². The average Bonchev–Trinajstić information content (AvgIpc) is 3.44. The number of hydrogen-bond donors (Lipinski definition) is 0. The minimum Gasteiger partial charge on any atom is -0.311 e. The van der Waals surface area contributed by atoms with Gasteiger partial charge in [0.2, 0.25) is 0 Å². The number of pyridine rings is 1. The van der Waals surface area contributed by atoms with E-state index in [0.29, 0.717) is 0 Å². The molecular formula is C39H26N2S. The lowest BCUT2D eigenvalue weighted by atomic mass is 10.0. The van der Waals surface area contributed by atoms with Crippen LogP contribution < -0.4 is 4.90 Å². The molecule has 2 heterocycles. The molecule has 0 aliphatic rings. The molecule has 42 heavy (non-hydrogen) atoms. The van der Waals surface area contributed by atoms with Crippen LogP contribution in [0, 0.1) is 0 Å². The molecule has 2 nitrogen and oxygen atoms in total. The predicted octanol–water partition coefficient (Wildman–Crippen LogP) is 11.4. The Balaban J connectivity index is 1.14. The number of rotatable bonds is 5. The van der Waals surface area contributed by atoms with E-state index >= 15 is 0 Å². The van der Waals surface area contributed by atoms with Crippen LogP contribution >= 0.6 is 11.3 Å². The molecule has 0 aliphatic carbocycles. The third-order valence-electron chi connectivity index (χ3n) is 7.96. The van der Waals surface area contributed by atoms with Gasteiger partial charge in [-0.2, -0.15) is 0 Å². The standard InChI is InChI=1S/C39H26N2S/c1-2-8-33(9-3-1)41(34-17-12-28(13-18-34)31-11-10-27-6-4-5-7-30(27)24-31)35-19-14-29(15-20-35)32-16-21-36-37-22-23-40-26-39(37)42-38(36)25-32/h1-26H. The molecule has 0 bridgehead atoms. The summed E-state index contributed by atoms with van der Waals surface area (Å²) in [7, 11) is 0. The Morgan fingerprint density at radius 1 is 0.429 bits per heavy atom. The Morgan fingerprint density at radius 2 is 1.00 bits per heavy atom. The molecule has 0 aliphatic heterocycles. The van der Waals surface area contributed by atoms with Crippen LogP contribution in [-0.4, -0.2) is 4.98 Å². The second kappa shape index (κ2) is 10.3. The van der Waals surface area contributed by atoms with E-state index in [4.69, 9.17) is 0 Å². The van der Waals surface area contributed by atoms with E-state index in [-0.39, 0.29) is 0 Å². The molecule has 0 fully saturated rings. The van der Waals surface area contributed by atoms with Gasteiger partial charge in [0.1, 0.15) is 0 Å². The molecule has 2 aromatic heterocycles. The van der Waals surface area contributed by atoms with Gasteiger partial charge in [0, 0.05) is 44.9 Å². The first-order chi connectivity index (χ1) is 20.8. The third-order valence-corrected chi connectivity index (χ3v) is 9.06. The highest BCUT2D eigenvalue weighted by Gasteiger charge is 2.13. The molecule has 6 aromatic carbocycles. The summed E-state index contributed by atoms with van der Waals surface area (Å²) in [5.74, 6) is 0. The largest absolute Gasteiger partial charge is 0.311 e. The highest BCUT2D eigenvalue weighted by atomic mass is 32.1. The van der Waals surface area contributed by atoms with Gasteiger partial charge in [0.05, 0.1) is 4.70 Å². The van der Waals surface area contributed by atoms with Crippen molar-refractivity contribution in [2.75, 3.05) is 4.90 Å². The second-order valence-electron chi connectivity index (χ2n) is 10.5. The fraction of sp³-hybridized carbons (Fsp3) is 0. The Bertz CT molecular complexity index is 2180. The van der Waals surface area contributed by atoms with Gasteiger partial charge in [0.25, 0.3) is 0 Å². The van der Waals surface area contributed by atoms with Crippen molar-refractivity contribution in [3.63, 3.8) is 0 Å². The van der Waals surface area contributed by atoms with E-state index in [1.807, 2.05) is 12.4 Å². The van der Waals surface area contributed by atoms with Crippen LogP contribution in [0.15, 0.2) is 158 Å². The van der Waals surface area contributed by atoms with E-state index in [0.717, 1.165) is 17.1 Å². The highest BCUT2D eigenvalue weighted by molar-refractivity contribution is 7.25. The molecule has 0 atom stereocenters. The molecule has 8 aromatic rings. The molecule has 0 spiro atoms. The van der Waals surface area contributed by atoms with E-state index in [1.165, 1.54) is 53.2 Å². The Morgan fingerprint density at radius 3 is 1.74 bits per heavy atom. The van der Waals surface area contributed by atoms with Crippen molar-refractivity contribution >= 4 is 59.3 Å². The molecule has 0 radical (unpaired) electrons. The van der Waals surface area contributed by atoms with Crippen molar-refractivity contribution in [1.82, 2.24) is 4.98 Å². The monoisotopic (exact) mass is 554 g/mol. The van der Waals surface area contributed by atoms with Crippen LogP contribution in [0.4, 0.5) is 17.1 Å². The first-order valence-electron chi connectivity index (χ1n) is 14.1. The number of benzene rings is 6. The number of aromatic nitrogens is 1. The number of fused-ring (bicyclic) bond motifs is 4. The Labute approximate surface area is 248 Å². The third kappa shape index (κ3) is 4.41. The molecule has 0 unspecified atom stereocenters. The fourth-order valence-corrected chi connectivity index (χ4v) is 6.92. The van der Waals surface area contributed by atoms with Gasteiger partial charge in [-0.3, -0.25) is 4.98 Å². The Kier molecular flexibility index (Phi) is 6.02. The lowest BCUT2D eigenvalue weighted by Gasteiger charge is -2.26. The fourth-order valence-electron chi connectivity index (χ4n) is 5.81. The molecule has 198 valence electrons. The molecule has 3 heteroatoms. The first kappa shape index (κ1) is 24.5. The predicted molar refractivity (Wildman–Crippen MR) is 180 cm³/mol. The van der Waals surface area contributed by atoms with Gasteiger partial charge in [-0.15, -0.1) is 11.3 Å². The molecule has 0 amide bonds. The van der Waals surface area contributed by atoms with Crippen LogP contribution in [0.25, 0.3) is 53.2 Å². The zero-order valence-electron chi connectivity index (χ0n) is 22.8. The number of anilines is 3. The summed E-state index contributed by atoms with van der Waals surface area (Å²) in [6.45, 7) is 0. The van der Waals surface area contributed by atoms with Crippen molar-refractivity contribution in [3.05, 3.63) is 158 Å². The topological polar surface area (TPSA) is 16.1 Å². The van der Waals surface area contributed by atoms with Gasteiger partial charge in [0.15, 0.2) is 0 Å². The lowest BCUT2D eigenvalue weighted by Crippen LogP contribution is -2.09. The van der Waals surface area contributed by atoms with Gasteiger partial charge < -0.3 is 4.90 Å². The first-order valence-corrected chi connectivity index (χ1v) is 14.9. The average molecular weight is 555 g/mol. The molecule has 8 rings (SSSR count). The van der Waals surface area contributed by atoms with Crippen molar-refractivity contribution in [2.45, 2.75) is 0 Å². The van der Waals surface area contributed by atoms with Crippen molar-refractivity contribution in [3.8, 4) is 22.3 Å². The quantitative estimate of drug-likeness (QED) is 0.210. The summed E-state index contributed by atoms with van der Waals surface area (Å²) in [4.78, 5) is 6.62. The van der Waals surface area contributed by atoms with Crippen molar-refractivity contribution in [2.24, 2.45) is 0 Å². The maximum absolute atomic E-state index is 4.30. The molecule has 0 saturated heterocycles. The van der Waals surface area contributed by atoms with Crippen LogP contribution in [0.1, 0.15) is 0 Å². The summed E-state index contributed by atoms with van der Waals surface area (Å²) in [5.41, 5.74) is 8.23. The van der Waals surface area contributed by atoms with Gasteiger partial charge >= 0.3 is 0 Å². The second-order valence-corrected chi connectivity index (χ2v) is 11.6. The number of thiophene rings is 1. The summed E-state index contributed by atoms with van der Waals surface area (Å²) >= 11 is 1.80. The smallest absolute Gasteiger partial charge is 0.0538 e. The summed E-state index contributed by atoms with van der Waals surface area (Å²) in [5, 5.41) is 5.09. The lowest BCUT2D eigenvalue weighted by molar-refractivity contribution is 1.28. The maximum atomic E-state index is 4.30. The number of nitrogens with zero attached hydrogens (tertiary/aromatic N) is 2. The molecule has 0 N–H and O–H groups in total. The summed E-state index contributed by atoms with van der Waals surface area (Å²) < 4.78 is 2.52. The minimum atomic E-state index is 1.12. The highest BCUT2D eigenvalue weighted by Crippen LogP contribution is 2.39. The SMILES string of the molecule is c1ccc(N(c2ccc(-c3ccc4ccccc4c3)cc2)c2ccc(-c3ccc4c(c3)sc3cnccc34)cc2)cc1. The molecular weight excluding hydrogens is 529 g/mol. The Hall–Kier alpha value is -5.25. The zero-order chi connectivity index (χ0) is 27.9. The van der Waals surface area contributed by atoms with Gasteiger partial charge in [-0.25, -0.2) is 0 Å². The summed E-state index contributed by atoms with van der Waals surface area (Å²) in [6.07, 6.45) is 3.83. The number of para-hydroxylation sites is 1. The van der Waals surface area contributed by atoms with Gasteiger partial charge in [-0.05, 0) is 87.6 Å². The van der Waals surface area contributed by atoms with E-state index in [1.54, 1.807) is 11.3 Å². The van der Waals surface area contributed by atoms with Crippen LogP contribution in [-0.2, 0) is 0 Å². The minimum absolute atomic E-state index is 1.12. The van der Waals surface area contributed by atoms with E-state index in [2.05, 4.69) is 155 Å². The number of hydrogen-bond acceptors (Lipinski definition) is 3.